The first-order valence-corrected chi connectivity index (χ1v) is 3.63. The third kappa shape index (κ3) is 4.48. The van der Waals surface area contributed by atoms with Crippen molar-refractivity contribution in [3.63, 3.8) is 0 Å². The van der Waals surface area contributed by atoms with Crippen molar-refractivity contribution in [2.24, 2.45) is 4.99 Å². The average molecular weight is 145 g/mol. The van der Waals surface area contributed by atoms with E-state index in [-0.39, 0.29) is 0 Å². The zero-order valence-corrected chi connectivity index (χ0v) is 7.24. The highest BCUT2D eigenvalue weighted by Gasteiger charge is 2.17. The Morgan fingerprint density at radius 2 is 2.00 bits per heavy atom. The summed E-state index contributed by atoms with van der Waals surface area (Å²) in [6, 6.07) is 0. The summed E-state index contributed by atoms with van der Waals surface area (Å²) in [6.07, 6.45) is 1.31. The molecule has 0 aromatic rings. The van der Waals surface area contributed by atoms with Crippen molar-refractivity contribution in [2.45, 2.75) is 39.3 Å². The quantitative estimate of drug-likeness (QED) is 0.541. The van der Waals surface area contributed by atoms with Crippen LogP contribution in [0.1, 0.15) is 33.6 Å². The Balaban J connectivity index is 3.88. The summed E-state index contributed by atoms with van der Waals surface area (Å²) < 4.78 is 12.9. The normalized spacial score (nSPS) is 13.9. The molecule has 0 rings (SSSR count). The predicted octanol–water partition coefficient (Wildman–Crippen LogP) is 2.61. The van der Waals surface area contributed by atoms with Crippen LogP contribution in [0.5, 0.6) is 0 Å². The Morgan fingerprint density at radius 3 is 2.10 bits per heavy atom. The Labute approximate surface area is 62.4 Å². The van der Waals surface area contributed by atoms with Gasteiger partial charge in [-0.1, -0.05) is 6.92 Å². The molecular weight excluding hydrogens is 129 g/mol. The largest absolute Gasteiger partial charge is 0.297 e. The van der Waals surface area contributed by atoms with Gasteiger partial charge in [0.25, 0.3) is 0 Å². The highest BCUT2D eigenvalue weighted by Crippen LogP contribution is 2.15. The van der Waals surface area contributed by atoms with Crippen molar-refractivity contribution in [3.05, 3.63) is 0 Å². The summed E-state index contributed by atoms with van der Waals surface area (Å²) in [6.45, 7) is 5.15. The molecule has 0 N–H and O–H groups in total. The molecule has 0 heterocycles. The van der Waals surface area contributed by atoms with Gasteiger partial charge in [-0.15, -0.1) is 0 Å². The van der Waals surface area contributed by atoms with Gasteiger partial charge in [0.2, 0.25) is 0 Å². The van der Waals surface area contributed by atoms with Gasteiger partial charge in [0.1, 0.15) is 5.67 Å². The van der Waals surface area contributed by atoms with E-state index in [9.17, 15) is 4.39 Å². The van der Waals surface area contributed by atoms with Crippen LogP contribution in [0.4, 0.5) is 4.39 Å². The number of alkyl halides is 1. The Morgan fingerprint density at radius 1 is 1.50 bits per heavy atom. The van der Waals surface area contributed by atoms with Gasteiger partial charge in [0.05, 0.1) is 0 Å². The fourth-order valence-corrected chi connectivity index (χ4v) is 0.847. The number of halogens is 1. The van der Waals surface area contributed by atoms with Crippen molar-refractivity contribution in [1.82, 2.24) is 0 Å². The molecule has 0 aromatic heterocycles. The number of hydrogen-bond donors (Lipinski definition) is 0. The highest BCUT2D eigenvalue weighted by atomic mass is 19.1. The molecule has 0 spiro atoms. The van der Waals surface area contributed by atoms with E-state index in [1.807, 2.05) is 6.92 Å². The molecule has 0 atom stereocenters. The van der Waals surface area contributed by atoms with E-state index in [4.69, 9.17) is 0 Å². The SMILES string of the molecule is CCC(CC(C)(C)F)=NC. The number of aliphatic imine (C=N–C) groups is 1. The summed E-state index contributed by atoms with van der Waals surface area (Å²) in [5.41, 5.74) is -0.155. The lowest BCUT2D eigenvalue weighted by atomic mass is 10.0. The molecular formula is C8H16FN. The van der Waals surface area contributed by atoms with Crippen molar-refractivity contribution in [2.75, 3.05) is 7.05 Å². The summed E-state index contributed by atoms with van der Waals surface area (Å²) in [5, 5.41) is 0. The van der Waals surface area contributed by atoms with E-state index in [0.717, 1.165) is 12.1 Å². The van der Waals surface area contributed by atoms with Crippen LogP contribution in [-0.4, -0.2) is 18.4 Å². The monoisotopic (exact) mass is 145 g/mol. The van der Waals surface area contributed by atoms with Gasteiger partial charge in [-0.25, -0.2) is 4.39 Å². The molecule has 2 heteroatoms. The fraction of sp³-hybridized carbons (Fsp3) is 0.875. The fourth-order valence-electron chi connectivity index (χ4n) is 0.847. The molecule has 0 saturated heterocycles. The van der Waals surface area contributed by atoms with E-state index < -0.39 is 5.67 Å². The molecule has 0 unspecified atom stereocenters. The second kappa shape index (κ2) is 3.69. The number of hydrogen-bond acceptors (Lipinski definition) is 1. The van der Waals surface area contributed by atoms with Gasteiger partial charge >= 0.3 is 0 Å². The van der Waals surface area contributed by atoms with Gasteiger partial charge in [-0.2, -0.15) is 0 Å². The molecule has 0 aliphatic carbocycles. The average Bonchev–Trinajstić information content (AvgIpc) is 1.81. The Bertz CT molecular complexity index is 122. The van der Waals surface area contributed by atoms with Crippen molar-refractivity contribution < 1.29 is 4.39 Å². The van der Waals surface area contributed by atoms with E-state index in [1.165, 1.54) is 0 Å². The minimum absolute atomic E-state index is 0.458. The standard InChI is InChI=1S/C8H16FN/c1-5-7(10-4)6-8(2,3)9/h5-6H2,1-4H3. The molecule has 10 heavy (non-hydrogen) atoms. The van der Waals surface area contributed by atoms with Gasteiger partial charge in [-0.05, 0) is 20.3 Å². The predicted molar refractivity (Wildman–Crippen MR) is 43.5 cm³/mol. The minimum Gasteiger partial charge on any atom is -0.297 e. The molecule has 0 saturated carbocycles. The molecule has 1 nitrogen and oxygen atoms in total. The zero-order valence-electron chi connectivity index (χ0n) is 7.24. The first kappa shape index (κ1) is 9.60. The topological polar surface area (TPSA) is 12.4 Å². The van der Waals surface area contributed by atoms with Crippen LogP contribution in [0.25, 0.3) is 0 Å². The maximum atomic E-state index is 12.9. The second-order valence-electron chi connectivity index (χ2n) is 3.04. The van der Waals surface area contributed by atoms with E-state index in [1.54, 1.807) is 20.9 Å². The smallest absolute Gasteiger partial charge is 0.110 e. The highest BCUT2D eigenvalue weighted by molar-refractivity contribution is 5.84. The maximum absolute atomic E-state index is 12.9. The van der Waals surface area contributed by atoms with Crippen LogP contribution in [0, 0.1) is 0 Å². The van der Waals surface area contributed by atoms with Gasteiger partial charge in [-0.3, -0.25) is 4.99 Å². The van der Waals surface area contributed by atoms with E-state index in [0.29, 0.717) is 6.42 Å². The molecule has 0 aliphatic rings. The summed E-state index contributed by atoms with van der Waals surface area (Å²) >= 11 is 0. The summed E-state index contributed by atoms with van der Waals surface area (Å²) in [5.74, 6) is 0. The molecule has 0 amide bonds. The first-order chi connectivity index (χ1) is 4.49. The van der Waals surface area contributed by atoms with Crippen LogP contribution in [0.2, 0.25) is 0 Å². The van der Waals surface area contributed by atoms with Crippen LogP contribution >= 0.6 is 0 Å². The van der Waals surface area contributed by atoms with Gasteiger partial charge < -0.3 is 0 Å². The zero-order chi connectivity index (χ0) is 8.20. The van der Waals surface area contributed by atoms with E-state index >= 15 is 0 Å². The second-order valence-corrected chi connectivity index (χ2v) is 3.04. The molecule has 0 aliphatic heterocycles. The lowest BCUT2D eigenvalue weighted by Crippen LogP contribution is -2.17. The molecule has 0 fully saturated rings. The van der Waals surface area contributed by atoms with Gasteiger partial charge in [0, 0.05) is 19.2 Å². The Hall–Kier alpha value is -0.400. The Kier molecular flexibility index (Phi) is 3.54. The molecule has 0 bridgehead atoms. The third-order valence-corrected chi connectivity index (χ3v) is 1.35. The first-order valence-electron chi connectivity index (χ1n) is 3.63. The van der Waals surface area contributed by atoms with Crippen molar-refractivity contribution >= 4 is 5.71 Å². The third-order valence-electron chi connectivity index (χ3n) is 1.35. The number of rotatable bonds is 3. The lowest BCUT2D eigenvalue weighted by molar-refractivity contribution is 0.227. The van der Waals surface area contributed by atoms with Crippen LogP contribution in [-0.2, 0) is 0 Å². The molecule has 0 radical (unpaired) electrons. The van der Waals surface area contributed by atoms with Gasteiger partial charge in [0.15, 0.2) is 0 Å². The van der Waals surface area contributed by atoms with Crippen LogP contribution < -0.4 is 0 Å². The van der Waals surface area contributed by atoms with E-state index in [2.05, 4.69) is 4.99 Å². The van der Waals surface area contributed by atoms with Crippen molar-refractivity contribution in [1.29, 1.82) is 0 Å². The van der Waals surface area contributed by atoms with Crippen LogP contribution in [0.15, 0.2) is 4.99 Å². The molecule has 60 valence electrons. The summed E-state index contributed by atoms with van der Waals surface area (Å²) in [4.78, 5) is 3.97. The number of nitrogens with zero attached hydrogens (tertiary/aromatic N) is 1. The van der Waals surface area contributed by atoms with Crippen molar-refractivity contribution in [3.8, 4) is 0 Å². The molecule has 0 aromatic carbocycles. The lowest BCUT2D eigenvalue weighted by Gasteiger charge is -2.13. The summed E-state index contributed by atoms with van der Waals surface area (Å²) in [7, 11) is 1.71. The maximum Gasteiger partial charge on any atom is 0.110 e. The minimum atomic E-state index is -1.11. The van der Waals surface area contributed by atoms with Crippen LogP contribution in [0.3, 0.4) is 0 Å².